The predicted molar refractivity (Wildman–Crippen MR) is 65.1 cm³/mol. The molecule has 0 amide bonds. The van der Waals surface area contributed by atoms with Crippen molar-refractivity contribution in [3.8, 4) is 0 Å². The number of aryl methyl sites for hydroxylation is 1. The molecular formula is C13H11F4N3. The molecule has 0 saturated carbocycles. The fourth-order valence-corrected chi connectivity index (χ4v) is 1.83. The first-order chi connectivity index (χ1) is 9.41. The van der Waals surface area contributed by atoms with Gasteiger partial charge in [-0.3, -0.25) is 9.97 Å². The highest BCUT2D eigenvalue weighted by Crippen LogP contribution is 2.27. The smallest absolute Gasteiger partial charge is 0.185 e. The Morgan fingerprint density at radius 3 is 2.10 bits per heavy atom. The number of rotatable bonds is 3. The quantitative estimate of drug-likeness (QED) is 0.692. The minimum atomic E-state index is -1.47. The highest BCUT2D eigenvalue weighted by Gasteiger charge is 2.21. The van der Waals surface area contributed by atoms with E-state index in [1.165, 1.54) is 12.4 Å². The molecule has 1 atom stereocenters. The Morgan fingerprint density at radius 2 is 1.55 bits per heavy atom. The molecule has 0 aliphatic carbocycles. The summed E-state index contributed by atoms with van der Waals surface area (Å²) in [6, 6.07) is -0.512. The lowest BCUT2D eigenvalue weighted by Gasteiger charge is -2.17. The number of aromatic nitrogens is 2. The molecule has 0 aliphatic heterocycles. The van der Waals surface area contributed by atoms with Gasteiger partial charge in [0, 0.05) is 18.5 Å². The molecule has 0 spiro atoms. The van der Waals surface area contributed by atoms with Crippen molar-refractivity contribution >= 4 is 5.69 Å². The van der Waals surface area contributed by atoms with Crippen LogP contribution in [0.4, 0.5) is 23.2 Å². The van der Waals surface area contributed by atoms with E-state index in [-0.39, 0.29) is 6.07 Å². The van der Waals surface area contributed by atoms with Gasteiger partial charge in [0.05, 0.1) is 17.4 Å². The average molecular weight is 285 g/mol. The van der Waals surface area contributed by atoms with Gasteiger partial charge in [-0.15, -0.1) is 0 Å². The van der Waals surface area contributed by atoms with Crippen LogP contribution in [0, 0.1) is 30.2 Å². The summed E-state index contributed by atoms with van der Waals surface area (Å²) >= 11 is 0. The Kier molecular flexibility index (Phi) is 3.87. The van der Waals surface area contributed by atoms with Gasteiger partial charge in [0.1, 0.15) is 5.69 Å². The van der Waals surface area contributed by atoms with E-state index >= 15 is 0 Å². The molecule has 3 nitrogen and oxygen atoms in total. The summed E-state index contributed by atoms with van der Waals surface area (Å²) < 4.78 is 53.3. The van der Waals surface area contributed by atoms with Gasteiger partial charge in [-0.25, -0.2) is 17.6 Å². The highest BCUT2D eigenvalue weighted by atomic mass is 19.2. The molecule has 20 heavy (non-hydrogen) atoms. The molecule has 0 fully saturated rings. The highest BCUT2D eigenvalue weighted by molar-refractivity contribution is 5.48. The zero-order valence-corrected chi connectivity index (χ0v) is 10.7. The molecule has 7 heteroatoms. The molecule has 2 aromatic rings. The van der Waals surface area contributed by atoms with Crippen LogP contribution in [0.5, 0.6) is 0 Å². The SMILES string of the molecule is Cc1nccnc1C(C)Nc1c(F)c(F)cc(F)c1F. The van der Waals surface area contributed by atoms with Crippen LogP contribution in [-0.2, 0) is 0 Å². The van der Waals surface area contributed by atoms with Crippen LogP contribution in [0.2, 0.25) is 0 Å². The molecule has 0 radical (unpaired) electrons. The summed E-state index contributed by atoms with van der Waals surface area (Å²) in [5.41, 5.74) is 0.112. The number of nitrogens with zero attached hydrogens (tertiary/aromatic N) is 2. The zero-order chi connectivity index (χ0) is 14.9. The number of nitrogens with one attached hydrogen (secondary N) is 1. The number of halogens is 4. The van der Waals surface area contributed by atoms with Crippen LogP contribution >= 0.6 is 0 Å². The third-order valence-corrected chi connectivity index (χ3v) is 2.80. The van der Waals surface area contributed by atoms with Crippen molar-refractivity contribution < 1.29 is 17.6 Å². The second kappa shape index (κ2) is 5.44. The minimum Gasteiger partial charge on any atom is -0.372 e. The fraction of sp³-hybridized carbons (Fsp3) is 0.231. The Bertz CT molecular complexity index is 620. The van der Waals surface area contributed by atoms with Crippen LogP contribution in [-0.4, -0.2) is 9.97 Å². The Balaban J connectivity index is 2.38. The standard InChI is InChI=1S/C13H11F4N3/c1-6-12(19-4-3-18-6)7(2)20-13-10(16)8(14)5-9(15)11(13)17/h3-5,7,20H,1-2H3. The number of benzene rings is 1. The summed E-state index contributed by atoms with van der Waals surface area (Å²) in [6.07, 6.45) is 2.88. The number of hydrogen-bond donors (Lipinski definition) is 1. The van der Waals surface area contributed by atoms with Crippen LogP contribution < -0.4 is 5.32 Å². The van der Waals surface area contributed by atoms with E-state index < -0.39 is 35.0 Å². The Labute approximate surface area is 112 Å². The van der Waals surface area contributed by atoms with Gasteiger partial charge in [0.15, 0.2) is 23.3 Å². The Morgan fingerprint density at radius 1 is 1.00 bits per heavy atom. The second-order valence-electron chi connectivity index (χ2n) is 4.24. The lowest BCUT2D eigenvalue weighted by atomic mass is 10.1. The fourth-order valence-electron chi connectivity index (χ4n) is 1.83. The Hall–Kier alpha value is -2.18. The summed E-state index contributed by atoms with van der Waals surface area (Å²) in [5, 5.41) is 2.38. The van der Waals surface area contributed by atoms with Crippen LogP contribution in [0.25, 0.3) is 0 Å². The van der Waals surface area contributed by atoms with Crippen LogP contribution in [0.3, 0.4) is 0 Å². The number of hydrogen-bond acceptors (Lipinski definition) is 3. The van der Waals surface area contributed by atoms with Crippen molar-refractivity contribution in [1.29, 1.82) is 0 Å². The molecule has 1 N–H and O–H groups in total. The van der Waals surface area contributed by atoms with E-state index in [2.05, 4.69) is 15.3 Å². The lowest BCUT2D eigenvalue weighted by molar-refractivity contribution is 0.457. The molecule has 1 aromatic heterocycles. The van der Waals surface area contributed by atoms with Crippen molar-refractivity contribution in [2.75, 3.05) is 5.32 Å². The van der Waals surface area contributed by atoms with E-state index in [1.807, 2.05) is 0 Å². The molecule has 0 bridgehead atoms. The predicted octanol–water partition coefficient (Wildman–Crippen LogP) is 3.51. The summed E-state index contributed by atoms with van der Waals surface area (Å²) in [4.78, 5) is 8.00. The van der Waals surface area contributed by atoms with E-state index in [9.17, 15) is 17.6 Å². The largest absolute Gasteiger partial charge is 0.372 e. The van der Waals surface area contributed by atoms with Gasteiger partial charge in [-0.05, 0) is 13.8 Å². The molecular weight excluding hydrogens is 274 g/mol. The lowest BCUT2D eigenvalue weighted by Crippen LogP contribution is -2.14. The maximum atomic E-state index is 13.5. The average Bonchev–Trinajstić information content (AvgIpc) is 2.41. The van der Waals surface area contributed by atoms with Crippen molar-refractivity contribution in [2.24, 2.45) is 0 Å². The first-order valence-corrected chi connectivity index (χ1v) is 5.78. The summed E-state index contributed by atoms with van der Waals surface area (Å²) in [5.74, 6) is -5.88. The maximum absolute atomic E-state index is 13.5. The molecule has 1 unspecified atom stereocenters. The normalized spacial score (nSPS) is 12.3. The van der Waals surface area contributed by atoms with Gasteiger partial charge in [0.25, 0.3) is 0 Å². The molecule has 0 aliphatic rings. The topological polar surface area (TPSA) is 37.8 Å². The molecule has 2 rings (SSSR count). The van der Waals surface area contributed by atoms with Gasteiger partial charge >= 0.3 is 0 Å². The van der Waals surface area contributed by atoms with Crippen molar-refractivity contribution in [3.63, 3.8) is 0 Å². The van der Waals surface area contributed by atoms with Crippen molar-refractivity contribution in [3.05, 3.63) is 53.1 Å². The van der Waals surface area contributed by atoms with E-state index in [4.69, 9.17) is 0 Å². The first kappa shape index (κ1) is 14.2. The molecule has 1 aromatic carbocycles. The second-order valence-corrected chi connectivity index (χ2v) is 4.24. The molecule has 0 saturated heterocycles. The van der Waals surface area contributed by atoms with E-state index in [1.54, 1.807) is 13.8 Å². The zero-order valence-electron chi connectivity index (χ0n) is 10.7. The van der Waals surface area contributed by atoms with Gasteiger partial charge < -0.3 is 5.32 Å². The van der Waals surface area contributed by atoms with Gasteiger partial charge in [-0.2, -0.15) is 0 Å². The third kappa shape index (κ3) is 2.56. The minimum absolute atomic E-state index is 0.161. The van der Waals surface area contributed by atoms with Crippen molar-refractivity contribution in [2.45, 2.75) is 19.9 Å². The number of anilines is 1. The molecule has 106 valence electrons. The first-order valence-electron chi connectivity index (χ1n) is 5.78. The van der Waals surface area contributed by atoms with Crippen LogP contribution in [0.15, 0.2) is 18.5 Å². The van der Waals surface area contributed by atoms with Gasteiger partial charge in [-0.1, -0.05) is 0 Å². The van der Waals surface area contributed by atoms with E-state index in [0.29, 0.717) is 11.4 Å². The summed E-state index contributed by atoms with van der Waals surface area (Å²) in [6.45, 7) is 3.22. The molecule has 1 heterocycles. The van der Waals surface area contributed by atoms with E-state index in [0.717, 1.165) is 0 Å². The van der Waals surface area contributed by atoms with Gasteiger partial charge in [0.2, 0.25) is 0 Å². The monoisotopic (exact) mass is 285 g/mol. The third-order valence-electron chi connectivity index (χ3n) is 2.80. The summed E-state index contributed by atoms with van der Waals surface area (Å²) in [7, 11) is 0. The van der Waals surface area contributed by atoms with Crippen molar-refractivity contribution in [1.82, 2.24) is 9.97 Å². The maximum Gasteiger partial charge on any atom is 0.185 e. The van der Waals surface area contributed by atoms with Crippen LogP contribution in [0.1, 0.15) is 24.4 Å².